The number of phenolic OH excluding ortho intramolecular Hbond substituents is 1. The second-order valence-corrected chi connectivity index (χ2v) is 2.98. The molecule has 0 unspecified atom stereocenters. The fraction of sp³-hybridized carbons (Fsp3) is 0.333. The third kappa shape index (κ3) is 2.38. The van der Waals surface area contributed by atoms with Crippen molar-refractivity contribution in [3.8, 4) is 5.75 Å². The van der Waals surface area contributed by atoms with Crippen LogP contribution in [0.15, 0.2) is 12.1 Å². The van der Waals surface area contributed by atoms with Gasteiger partial charge in [0.1, 0.15) is 12.4 Å². The van der Waals surface area contributed by atoms with Crippen molar-refractivity contribution < 1.29 is 22.7 Å². The van der Waals surface area contributed by atoms with Gasteiger partial charge in [-0.15, -0.1) is 0 Å². The van der Waals surface area contributed by atoms with Crippen molar-refractivity contribution in [2.24, 2.45) is 5.73 Å². The lowest BCUT2D eigenvalue weighted by Gasteiger charge is -2.12. The third-order valence-electron chi connectivity index (χ3n) is 1.96. The van der Waals surface area contributed by atoms with Crippen LogP contribution in [0.4, 0.5) is 17.6 Å². The lowest BCUT2D eigenvalue weighted by molar-refractivity contribution is -0.137. The molecule has 0 aliphatic carbocycles. The van der Waals surface area contributed by atoms with E-state index in [-0.39, 0.29) is 12.1 Å². The molecule has 0 bridgehead atoms. The number of phenols is 1. The van der Waals surface area contributed by atoms with Crippen molar-refractivity contribution in [2.75, 3.05) is 0 Å². The first-order chi connectivity index (χ1) is 6.90. The largest absolute Gasteiger partial charge is 0.507 e. The highest BCUT2D eigenvalue weighted by atomic mass is 19.4. The van der Waals surface area contributed by atoms with Crippen LogP contribution in [0, 0.1) is 0 Å². The van der Waals surface area contributed by atoms with Crippen LogP contribution >= 0.6 is 0 Å². The molecule has 6 heteroatoms. The topological polar surface area (TPSA) is 46.2 Å². The fourth-order valence-corrected chi connectivity index (χ4v) is 1.18. The average Bonchev–Trinajstić information content (AvgIpc) is 2.16. The minimum Gasteiger partial charge on any atom is -0.507 e. The number of hydrogen-bond acceptors (Lipinski definition) is 2. The van der Waals surface area contributed by atoms with Crippen LogP contribution in [0.5, 0.6) is 5.75 Å². The van der Waals surface area contributed by atoms with E-state index in [9.17, 15) is 22.7 Å². The maximum absolute atomic E-state index is 12.3. The highest BCUT2D eigenvalue weighted by Crippen LogP contribution is 2.34. The molecule has 0 aliphatic rings. The lowest BCUT2D eigenvalue weighted by Crippen LogP contribution is -2.08. The van der Waals surface area contributed by atoms with Crippen molar-refractivity contribution >= 4 is 0 Å². The summed E-state index contributed by atoms with van der Waals surface area (Å²) in [6.07, 6.45) is -4.57. The van der Waals surface area contributed by atoms with Gasteiger partial charge in [0.2, 0.25) is 0 Å². The summed E-state index contributed by atoms with van der Waals surface area (Å²) >= 11 is 0. The molecule has 0 fully saturated rings. The lowest BCUT2D eigenvalue weighted by atomic mass is 10.0. The first-order valence-corrected chi connectivity index (χ1v) is 4.08. The predicted octanol–water partition coefficient (Wildman–Crippen LogP) is 2.34. The Bertz CT molecular complexity index is 337. The molecule has 0 aliphatic heterocycles. The molecule has 1 aromatic rings. The molecule has 0 spiro atoms. The predicted molar refractivity (Wildman–Crippen MR) is 45.8 cm³/mol. The standard InChI is InChI=1S/C9H9F4NO/c10-3-5-1-7(9(11,12)13)2-6(4-14)8(5)15/h1-2,15H,3-4,14H2. The number of halogens is 4. The average molecular weight is 223 g/mol. The summed E-state index contributed by atoms with van der Waals surface area (Å²) in [5, 5.41) is 9.29. The quantitative estimate of drug-likeness (QED) is 0.756. The zero-order chi connectivity index (χ0) is 11.6. The number of benzene rings is 1. The molecule has 1 rings (SSSR count). The number of nitrogens with two attached hydrogens (primary N) is 1. The van der Waals surface area contributed by atoms with Crippen molar-refractivity contribution in [3.05, 3.63) is 28.8 Å². The summed E-state index contributed by atoms with van der Waals surface area (Å²) in [5.74, 6) is -0.506. The van der Waals surface area contributed by atoms with E-state index in [1.807, 2.05) is 0 Å². The molecule has 84 valence electrons. The van der Waals surface area contributed by atoms with Crippen LogP contribution in [0.1, 0.15) is 16.7 Å². The molecule has 0 saturated carbocycles. The van der Waals surface area contributed by atoms with Crippen molar-refractivity contribution in [1.82, 2.24) is 0 Å². The van der Waals surface area contributed by atoms with Crippen molar-refractivity contribution in [2.45, 2.75) is 19.4 Å². The fourth-order valence-electron chi connectivity index (χ4n) is 1.18. The van der Waals surface area contributed by atoms with Gasteiger partial charge < -0.3 is 10.8 Å². The number of hydrogen-bond donors (Lipinski definition) is 2. The molecule has 0 atom stereocenters. The summed E-state index contributed by atoms with van der Waals surface area (Å²) in [6.45, 7) is -1.44. The molecule has 3 N–H and O–H groups in total. The van der Waals surface area contributed by atoms with E-state index < -0.39 is 29.7 Å². The van der Waals surface area contributed by atoms with E-state index in [0.29, 0.717) is 12.1 Å². The van der Waals surface area contributed by atoms with Gasteiger partial charge in [-0.3, -0.25) is 0 Å². The van der Waals surface area contributed by atoms with Gasteiger partial charge in [-0.05, 0) is 12.1 Å². The summed E-state index contributed by atoms with van der Waals surface area (Å²) < 4.78 is 49.2. The van der Waals surface area contributed by atoms with E-state index in [1.54, 1.807) is 0 Å². The summed E-state index contributed by atoms with van der Waals surface area (Å²) in [4.78, 5) is 0. The molecule has 0 saturated heterocycles. The Hall–Kier alpha value is -1.30. The third-order valence-corrected chi connectivity index (χ3v) is 1.96. The summed E-state index contributed by atoms with van der Waals surface area (Å²) in [7, 11) is 0. The van der Waals surface area contributed by atoms with Crippen molar-refractivity contribution in [1.29, 1.82) is 0 Å². The number of alkyl halides is 4. The second kappa shape index (κ2) is 4.06. The highest BCUT2D eigenvalue weighted by molar-refractivity contribution is 5.44. The van der Waals surface area contributed by atoms with Gasteiger partial charge >= 0.3 is 6.18 Å². The van der Waals surface area contributed by atoms with Gasteiger partial charge in [-0.1, -0.05) is 0 Å². The maximum atomic E-state index is 12.3. The van der Waals surface area contributed by atoms with Gasteiger partial charge in [0.05, 0.1) is 5.56 Å². The molecule has 2 nitrogen and oxygen atoms in total. The normalized spacial score (nSPS) is 11.8. The monoisotopic (exact) mass is 223 g/mol. The first kappa shape index (κ1) is 11.8. The molecule has 0 radical (unpaired) electrons. The minimum atomic E-state index is -4.57. The zero-order valence-electron chi connectivity index (χ0n) is 7.61. The summed E-state index contributed by atoms with van der Waals surface area (Å²) in [6, 6.07) is 1.29. The van der Waals surface area contributed by atoms with E-state index in [4.69, 9.17) is 5.73 Å². The van der Waals surface area contributed by atoms with Crippen LogP contribution < -0.4 is 5.73 Å². The maximum Gasteiger partial charge on any atom is 0.416 e. The Morgan fingerprint density at radius 3 is 2.13 bits per heavy atom. The zero-order valence-corrected chi connectivity index (χ0v) is 7.61. The van der Waals surface area contributed by atoms with E-state index in [1.165, 1.54) is 0 Å². The Morgan fingerprint density at radius 2 is 1.73 bits per heavy atom. The van der Waals surface area contributed by atoms with E-state index in [0.717, 1.165) is 0 Å². The first-order valence-electron chi connectivity index (χ1n) is 4.08. The molecular weight excluding hydrogens is 214 g/mol. The van der Waals surface area contributed by atoms with Crippen LogP contribution in [-0.4, -0.2) is 5.11 Å². The van der Waals surface area contributed by atoms with Gasteiger partial charge in [-0.2, -0.15) is 13.2 Å². The second-order valence-electron chi connectivity index (χ2n) is 2.98. The van der Waals surface area contributed by atoms with Crippen molar-refractivity contribution in [3.63, 3.8) is 0 Å². The van der Waals surface area contributed by atoms with E-state index >= 15 is 0 Å². The molecule has 0 heterocycles. The van der Waals surface area contributed by atoms with E-state index in [2.05, 4.69) is 0 Å². The van der Waals surface area contributed by atoms with Crippen LogP contribution in [-0.2, 0) is 19.4 Å². The minimum absolute atomic E-state index is 0.113. The van der Waals surface area contributed by atoms with Crippen LogP contribution in [0.25, 0.3) is 0 Å². The molecule has 1 aromatic carbocycles. The van der Waals surface area contributed by atoms with Gasteiger partial charge in [-0.25, -0.2) is 4.39 Å². The molecular formula is C9H9F4NO. The van der Waals surface area contributed by atoms with Gasteiger partial charge in [0.15, 0.2) is 0 Å². The summed E-state index contributed by atoms with van der Waals surface area (Å²) in [5.41, 5.74) is 3.62. The molecule has 0 aromatic heterocycles. The SMILES string of the molecule is NCc1cc(C(F)(F)F)cc(CF)c1O. The van der Waals surface area contributed by atoms with Crippen LogP contribution in [0.2, 0.25) is 0 Å². The smallest absolute Gasteiger partial charge is 0.416 e. The Balaban J connectivity index is 3.33. The van der Waals surface area contributed by atoms with Gasteiger partial charge in [0, 0.05) is 17.7 Å². The van der Waals surface area contributed by atoms with Gasteiger partial charge in [0.25, 0.3) is 0 Å². The number of rotatable bonds is 2. The molecule has 0 amide bonds. The Labute approximate surface area is 83.3 Å². The Kier molecular flexibility index (Phi) is 3.18. The highest BCUT2D eigenvalue weighted by Gasteiger charge is 2.32. The Morgan fingerprint density at radius 1 is 1.20 bits per heavy atom. The van der Waals surface area contributed by atoms with Crippen LogP contribution in [0.3, 0.4) is 0 Å². The molecule has 15 heavy (non-hydrogen) atoms. The number of aromatic hydroxyl groups is 1.